The number of benzene rings is 3. The zero-order valence-corrected chi connectivity index (χ0v) is 17.3. The second kappa shape index (κ2) is 7.59. The van der Waals surface area contributed by atoms with Gasteiger partial charge in [0.15, 0.2) is 0 Å². The number of rotatable bonds is 4. The minimum atomic E-state index is -3.87. The van der Waals surface area contributed by atoms with E-state index in [9.17, 15) is 12.8 Å². The van der Waals surface area contributed by atoms with E-state index in [1.54, 1.807) is 31.2 Å². The average molecular weight is 440 g/mol. The molecule has 3 aromatic carbocycles. The summed E-state index contributed by atoms with van der Waals surface area (Å²) in [5.41, 5.74) is 0.657. The quantitative estimate of drug-likeness (QED) is 0.357. The number of nitrogens with zero attached hydrogens (tertiary/aromatic N) is 2. The summed E-state index contributed by atoms with van der Waals surface area (Å²) in [4.78, 5) is 4.04. The van der Waals surface area contributed by atoms with Crippen LogP contribution >= 0.6 is 11.8 Å². The summed E-state index contributed by atoms with van der Waals surface area (Å²) in [6.07, 6.45) is 1.41. The van der Waals surface area contributed by atoms with E-state index in [0.29, 0.717) is 20.7 Å². The van der Waals surface area contributed by atoms with E-state index in [4.69, 9.17) is 6.57 Å². The van der Waals surface area contributed by atoms with E-state index in [2.05, 4.69) is 4.85 Å². The van der Waals surface area contributed by atoms with Crippen molar-refractivity contribution in [2.75, 3.05) is 0 Å². The van der Waals surface area contributed by atoms with Gasteiger partial charge in [-0.05, 0) is 48.9 Å². The van der Waals surface area contributed by atoms with Gasteiger partial charge in [-0.15, -0.1) is 0 Å². The third-order valence-electron chi connectivity index (χ3n) is 4.67. The SMILES string of the molecule is [C-]#[N+]c1cc(Sc2c(F)cc3c(ccn3S(=O)(=O)c3ccccc3)c2C)ccc1F. The number of hydrogen-bond acceptors (Lipinski definition) is 3. The van der Waals surface area contributed by atoms with Gasteiger partial charge >= 0.3 is 0 Å². The van der Waals surface area contributed by atoms with Crippen LogP contribution in [0.5, 0.6) is 0 Å². The highest BCUT2D eigenvalue weighted by Gasteiger charge is 2.22. The molecule has 0 unspecified atom stereocenters. The Morgan fingerprint density at radius 3 is 2.43 bits per heavy atom. The van der Waals surface area contributed by atoms with E-state index in [0.717, 1.165) is 15.7 Å². The first-order valence-electron chi connectivity index (χ1n) is 8.78. The maximum atomic E-state index is 15.0. The van der Waals surface area contributed by atoms with Gasteiger partial charge in [0.25, 0.3) is 10.0 Å². The van der Waals surface area contributed by atoms with Crippen LogP contribution in [0.2, 0.25) is 0 Å². The maximum Gasteiger partial charge on any atom is 0.268 e. The van der Waals surface area contributed by atoms with Crippen LogP contribution in [0.3, 0.4) is 0 Å². The minimum absolute atomic E-state index is 0.108. The van der Waals surface area contributed by atoms with Gasteiger partial charge in [0, 0.05) is 22.5 Å². The molecule has 4 rings (SSSR count). The lowest BCUT2D eigenvalue weighted by Gasteiger charge is -2.12. The fourth-order valence-electron chi connectivity index (χ4n) is 3.17. The number of aromatic nitrogens is 1. The highest BCUT2D eigenvalue weighted by Crippen LogP contribution is 2.38. The largest absolute Gasteiger partial charge is 0.268 e. The van der Waals surface area contributed by atoms with Crippen LogP contribution in [-0.2, 0) is 10.0 Å². The molecule has 4 nitrogen and oxygen atoms in total. The fourth-order valence-corrected chi connectivity index (χ4v) is 5.49. The van der Waals surface area contributed by atoms with E-state index >= 15 is 4.39 Å². The van der Waals surface area contributed by atoms with Gasteiger partial charge < -0.3 is 0 Å². The Labute approximate surface area is 176 Å². The summed E-state index contributed by atoms with van der Waals surface area (Å²) in [5, 5.41) is 0.589. The Morgan fingerprint density at radius 2 is 1.73 bits per heavy atom. The molecular formula is C22H14F2N2O2S2. The summed E-state index contributed by atoms with van der Waals surface area (Å²) in [6, 6.07) is 14.8. The molecule has 0 atom stereocenters. The Kier molecular flexibility index (Phi) is 5.10. The van der Waals surface area contributed by atoms with Crippen LogP contribution < -0.4 is 0 Å². The Bertz CT molecular complexity index is 1420. The van der Waals surface area contributed by atoms with Gasteiger partial charge in [-0.25, -0.2) is 26.0 Å². The second-order valence-corrected chi connectivity index (χ2v) is 9.40. The first kappa shape index (κ1) is 20.1. The third-order valence-corrected chi connectivity index (χ3v) is 7.57. The number of fused-ring (bicyclic) bond motifs is 1. The molecular weight excluding hydrogens is 426 g/mol. The van der Waals surface area contributed by atoms with E-state index in [1.807, 2.05) is 0 Å². The van der Waals surface area contributed by atoms with Crippen molar-refractivity contribution >= 4 is 38.4 Å². The van der Waals surface area contributed by atoms with Crippen molar-refractivity contribution in [2.45, 2.75) is 21.6 Å². The molecule has 30 heavy (non-hydrogen) atoms. The van der Waals surface area contributed by atoms with Gasteiger partial charge in [0.05, 0.1) is 21.9 Å². The van der Waals surface area contributed by atoms with E-state index < -0.39 is 21.7 Å². The molecule has 0 amide bonds. The predicted molar refractivity (Wildman–Crippen MR) is 112 cm³/mol. The molecule has 1 aromatic heterocycles. The van der Waals surface area contributed by atoms with Crippen molar-refractivity contribution in [3.05, 3.63) is 95.5 Å². The lowest BCUT2D eigenvalue weighted by atomic mass is 10.1. The summed E-state index contributed by atoms with van der Waals surface area (Å²) in [7, 11) is -3.87. The molecule has 150 valence electrons. The fraction of sp³-hybridized carbons (Fsp3) is 0.0455. The van der Waals surface area contributed by atoms with Crippen LogP contribution in [-0.4, -0.2) is 12.4 Å². The van der Waals surface area contributed by atoms with Crippen LogP contribution in [0, 0.1) is 25.1 Å². The van der Waals surface area contributed by atoms with Gasteiger partial charge in [0.1, 0.15) is 11.6 Å². The van der Waals surface area contributed by atoms with Crippen molar-refractivity contribution in [1.29, 1.82) is 0 Å². The minimum Gasteiger partial charge on any atom is -0.241 e. The van der Waals surface area contributed by atoms with Crippen molar-refractivity contribution in [1.82, 2.24) is 3.97 Å². The molecule has 0 saturated heterocycles. The first-order chi connectivity index (χ1) is 14.3. The summed E-state index contributed by atoms with van der Waals surface area (Å²) >= 11 is 1.06. The van der Waals surface area contributed by atoms with Gasteiger partial charge in [-0.3, -0.25) is 0 Å². The highest BCUT2D eigenvalue weighted by molar-refractivity contribution is 7.99. The monoisotopic (exact) mass is 440 g/mol. The van der Waals surface area contributed by atoms with Crippen LogP contribution in [0.4, 0.5) is 14.5 Å². The molecule has 1 heterocycles. The molecule has 0 radical (unpaired) electrons. The third kappa shape index (κ3) is 3.36. The molecule has 4 aromatic rings. The second-order valence-electron chi connectivity index (χ2n) is 6.50. The number of halogens is 2. The Balaban J connectivity index is 1.82. The summed E-state index contributed by atoms with van der Waals surface area (Å²) in [6.45, 7) is 8.73. The van der Waals surface area contributed by atoms with E-state index in [1.165, 1.54) is 42.6 Å². The molecule has 0 aliphatic heterocycles. The van der Waals surface area contributed by atoms with Gasteiger partial charge in [-0.1, -0.05) is 30.0 Å². The molecule has 0 spiro atoms. The van der Waals surface area contributed by atoms with Crippen molar-refractivity contribution < 1.29 is 17.2 Å². The smallest absolute Gasteiger partial charge is 0.241 e. The molecule has 0 N–H and O–H groups in total. The number of hydrogen-bond donors (Lipinski definition) is 0. The van der Waals surface area contributed by atoms with Crippen molar-refractivity contribution in [3.63, 3.8) is 0 Å². The molecule has 0 aliphatic carbocycles. The van der Waals surface area contributed by atoms with Crippen molar-refractivity contribution in [3.8, 4) is 0 Å². The van der Waals surface area contributed by atoms with Crippen LogP contribution in [0.1, 0.15) is 5.56 Å². The lowest BCUT2D eigenvalue weighted by molar-refractivity contribution is 0.588. The number of aryl methyl sites for hydroxylation is 1. The summed E-state index contributed by atoms with van der Waals surface area (Å²) < 4.78 is 55.6. The molecule has 8 heteroatoms. The molecule has 0 fully saturated rings. The first-order valence-corrected chi connectivity index (χ1v) is 11.0. The average Bonchev–Trinajstić information content (AvgIpc) is 3.17. The zero-order valence-electron chi connectivity index (χ0n) is 15.6. The Morgan fingerprint density at radius 1 is 1.00 bits per heavy atom. The maximum absolute atomic E-state index is 15.0. The highest BCUT2D eigenvalue weighted by atomic mass is 32.2. The summed E-state index contributed by atoms with van der Waals surface area (Å²) in [5.74, 6) is -1.23. The van der Waals surface area contributed by atoms with Crippen molar-refractivity contribution in [2.24, 2.45) is 0 Å². The van der Waals surface area contributed by atoms with E-state index in [-0.39, 0.29) is 16.1 Å². The standard InChI is InChI=1S/C22H14F2N2O2S2/c1-14-17-10-11-26(30(27,28)16-6-4-3-5-7-16)21(17)13-19(24)22(14)29-15-8-9-18(23)20(12-15)25-2/h3-13H,1H3. The van der Waals surface area contributed by atoms with Gasteiger partial charge in [-0.2, -0.15) is 0 Å². The van der Waals surface area contributed by atoms with Crippen LogP contribution in [0.25, 0.3) is 15.7 Å². The normalized spacial score (nSPS) is 11.5. The zero-order chi connectivity index (χ0) is 21.5. The van der Waals surface area contributed by atoms with Crippen LogP contribution in [0.15, 0.2) is 81.5 Å². The molecule has 0 aliphatic rings. The molecule has 0 saturated carbocycles. The topological polar surface area (TPSA) is 43.4 Å². The lowest BCUT2D eigenvalue weighted by Crippen LogP contribution is -2.11. The predicted octanol–water partition coefficient (Wildman–Crippen LogP) is 6.17. The Hall–Kier alpha value is -3.15. The van der Waals surface area contributed by atoms with Gasteiger partial charge in [0.2, 0.25) is 5.69 Å². The molecule has 0 bridgehead atoms.